The molecule has 0 unspecified atom stereocenters. The Bertz CT molecular complexity index is 981. The number of hydrogen-bond donors (Lipinski definition) is 1. The summed E-state index contributed by atoms with van der Waals surface area (Å²) in [6.07, 6.45) is 2.44. The number of aromatic nitrogens is 2. The van der Waals surface area contributed by atoms with Gasteiger partial charge in [-0.2, -0.15) is 0 Å². The molecule has 3 aromatic rings. The van der Waals surface area contributed by atoms with Gasteiger partial charge in [0.2, 0.25) is 0 Å². The van der Waals surface area contributed by atoms with E-state index in [-0.39, 0.29) is 11.9 Å². The molecule has 144 valence electrons. The first kappa shape index (κ1) is 18.6. The van der Waals surface area contributed by atoms with Crippen LogP contribution in [0.25, 0.3) is 11.0 Å². The number of carbonyl (C=O) groups excluding carboxylic acids is 1. The highest BCUT2D eigenvalue weighted by Gasteiger charge is 2.24. The molecule has 1 aromatic heterocycles. The molecule has 1 saturated heterocycles. The van der Waals surface area contributed by atoms with E-state index in [1.165, 1.54) is 18.4 Å². The minimum atomic E-state index is -0.0675. The first-order valence-electron chi connectivity index (χ1n) is 9.94. The first-order valence-corrected chi connectivity index (χ1v) is 9.94. The van der Waals surface area contributed by atoms with Gasteiger partial charge in [-0.15, -0.1) is 0 Å². The highest BCUT2D eigenvalue weighted by molar-refractivity contribution is 5.97. The molecule has 4 rings (SSSR count). The van der Waals surface area contributed by atoms with Crippen molar-refractivity contribution < 1.29 is 4.79 Å². The van der Waals surface area contributed by atoms with Crippen molar-refractivity contribution in [2.24, 2.45) is 0 Å². The van der Waals surface area contributed by atoms with Gasteiger partial charge in [-0.3, -0.25) is 9.69 Å². The summed E-state index contributed by atoms with van der Waals surface area (Å²) in [4.78, 5) is 24.4. The standard InChI is InChI=1S/C23H26N4O/c1-16-17(2)26-21-14-19(10-11-20(21)25-16)23(28)24-15-22(27-12-6-7-13-27)18-8-4-3-5-9-18/h3-5,8-11,14,22H,6-7,12-13,15H2,1-2H3,(H,24,28)/t22-/m1/s1. The lowest BCUT2D eigenvalue weighted by molar-refractivity contribution is 0.0938. The smallest absolute Gasteiger partial charge is 0.251 e. The topological polar surface area (TPSA) is 58.1 Å². The van der Waals surface area contributed by atoms with E-state index in [1.54, 1.807) is 0 Å². The number of nitrogens with one attached hydrogen (secondary N) is 1. The maximum absolute atomic E-state index is 12.8. The van der Waals surface area contributed by atoms with E-state index in [9.17, 15) is 4.79 Å². The molecule has 1 atom stereocenters. The fourth-order valence-corrected chi connectivity index (χ4v) is 3.85. The minimum absolute atomic E-state index is 0.0675. The summed E-state index contributed by atoms with van der Waals surface area (Å²) in [6.45, 7) is 6.65. The lowest BCUT2D eigenvalue weighted by Crippen LogP contribution is -2.36. The molecule has 1 amide bonds. The van der Waals surface area contributed by atoms with Crippen LogP contribution in [0.4, 0.5) is 0 Å². The van der Waals surface area contributed by atoms with Crippen LogP contribution in [0.15, 0.2) is 48.5 Å². The molecule has 2 aromatic carbocycles. The number of carbonyl (C=O) groups is 1. The first-order chi connectivity index (χ1) is 13.6. The van der Waals surface area contributed by atoms with E-state index >= 15 is 0 Å². The van der Waals surface area contributed by atoms with Crippen LogP contribution in [-0.4, -0.2) is 40.4 Å². The summed E-state index contributed by atoms with van der Waals surface area (Å²) in [5, 5.41) is 3.14. The number of hydrogen-bond acceptors (Lipinski definition) is 4. The molecule has 0 bridgehead atoms. The largest absolute Gasteiger partial charge is 0.350 e. The van der Waals surface area contributed by atoms with Gasteiger partial charge in [-0.1, -0.05) is 30.3 Å². The quantitative estimate of drug-likeness (QED) is 0.738. The SMILES string of the molecule is Cc1nc2ccc(C(=O)NC[C@H](c3ccccc3)N3CCCC3)cc2nc1C. The van der Waals surface area contributed by atoms with Crippen LogP contribution in [0.2, 0.25) is 0 Å². The molecule has 5 nitrogen and oxygen atoms in total. The Morgan fingerprint density at radius 1 is 1.00 bits per heavy atom. The monoisotopic (exact) mass is 374 g/mol. The Balaban J connectivity index is 1.52. The molecule has 0 spiro atoms. The number of likely N-dealkylation sites (tertiary alicyclic amines) is 1. The maximum atomic E-state index is 12.8. The van der Waals surface area contributed by atoms with E-state index in [4.69, 9.17) is 0 Å². The van der Waals surface area contributed by atoms with Crippen LogP contribution in [0.1, 0.15) is 46.2 Å². The van der Waals surface area contributed by atoms with Crippen molar-refractivity contribution in [2.75, 3.05) is 19.6 Å². The predicted molar refractivity (Wildman–Crippen MR) is 111 cm³/mol. The molecule has 1 aliphatic heterocycles. The minimum Gasteiger partial charge on any atom is -0.350 e. The molecule has 0 saturated carbocycles. The van der Waals surface area contributed by atoms with Gasteiger partial charge in [0.1, 0.15) is 0 Å². The lowest BCUT2D eigenvalue weighted by Gasteiger charge is -2.28. The van der Waals surface area contributed by atoms with E-state index in [2.05, 4.69) is 44.5 Å². The van der Waals surface area contributed by atoms with Gasteiger partial charge < -0.3 is 5.32 Å². The molecule has 2 heterocycles. The molecule has 0 radical (unpaired) electrons. The summed E-state index contributed by atoms with van der Waals surface area (Å²) >= 11 is 0. The van der Waals surface area contributed by atoms with Gasteiger partial charge in [-0.05, 0) is 63.5 Å². The zero-order chi connectivity index (χ0) is 19.5. The van der Waals surface area contributed by atoms with E-state index in [0.717, 1.165) is 35.5 Å². The van der Waals surface area contributed by atoms with Crippen LogP contribution < -0.4 is 5.32 Å². The Hall–Kier alpha value is -2.79. The summed E-state index contributed by atoms with van der Waals surface area (Å²) in [7, 11) is 0. The van der Waals surface area contributed by atoms with Gasteiger partial charge in [0.25, 0.3) is 5.91 Å². The third kappa shape index (κ3) is 3.90. The van der Waals surface area contributed by atoms with Crippen molar-refractivity contribution in [3.05, 3.63) is 71.0 Å². The van der Waals surface area contributed by atoms with Crippen LogP contribution in [0.3, 0.4) is 0 Å². The Morgan fingerprint density at radius 2 is 1.68 bits per heavy atom. The highest BCUT2D eigenvalue weighted by atomic mass is 16.1. The maximum Gasteiger partial charge on any atom is 0.251 e. The molecule has 1 N–H and O–H groups in total. The third-order valence-corrected chi connectivity index (χ3v) is 5.56. The lowest BCUT2D eigenvalue weighted by atomic mass is 10.1. The second-order valence-electron chi connectivity index (χ2n) is 7.48. The zero-order valence-corrected chi connectivity index (χ0v) is 16.5. The number of benzene rings is 2. The van der Waals surface area contributed by atoms with Crippen LogP contribution >= 0.6 is 0 Å². The molecule has 1 aliphatic rings. The molecular formula is C23H26N4O. The molecule has 1 fully saturated rings. The number of fused-ring (bicyclic) bond motifs is 1. The third-order valence-electron chi connectivity index (χ3n) is 5.56. The number of nitrogens with zero attached hydrogens (tertiary/aromatic N) is 3. The van der Waals surface area contributed by atoms with E-state index in [0.29, 0.717) is 12.1 Å². The van der Waals surface area contributed by atoms with Gasteiger partial charge in [0.15, 0.2) is 0 Å². The Kier molecular flexibility index (Phi) is 5.35. The van der Waals surface area contributed by atoms with Crippen molar-refractivity contribution in [1.82, 2.24) is 20.2 Å². The zero-order valence-electron chi connectivity index (χ0n) is 16.5. The highest BCUT2D eigenvalue weighted by Crippen LogP contribution is 2.24. The summed E-state index contributed by atoms with van der Waals surface area (Å²) in [5.74, 6) is -0.0675. The van der Waals surface area contributed by atoms with Crippen LogP contribution in [0.5, 0.6) is 0 Å². The van der Waals surface area contributed by atoms with Gasteiger partial charge in [-0.25, -0.2) is 9.97 Å². The van der Waals surface area contributed by atoms with Crippen molar-refractivity contribution in [3.63, 3.8) is 0 Å². The molecule has 28 heavy (non-hydrogen) atoms. The van der Waals surface area contributed by atoms with Crippen molar-refractivity contribution in [3.8, 4) is 0 Å². The summed E-state index contributed by atoms with van der Waals surface area (Å²) in [6, 6.07) is 16.2. The Labute approximate surface area is 165 Å². The van der Waals surface area contributed by atoms with Crippen LogP contribution in [-0.2, 0) is 0 Å². The van der Waals surface area contributed by atoms with Crippen molar-refractivity contribution >= 4 is 16.9 Å². The van der Waals surface area contributed by atoms with Gasteiger partial charge >= 0.3 is 0 Å². The Morgan fingerprint density at radius 3 is 2.39 bits per heavy atom. The number of aryl methyl sites for hydroxylation is 2. The van der Waals surface area contributed by atoms with Crippen molar-refractivity contribution in [2.45, 2.75) is 32.7 Å². The fourth-order valence-electron chi connectivity index (χ4n) is 3.85. The molecule has 0 aliphatic carbocycles. The fraction of sp³-hybridized carbons (Fsp3) is 0.348. The average molecular weight is 374 g/mol. The average Bonchev–Trinajstić information content (AvgIpc) is 3.24. The summed E-state index contributed by atoms with van der Waals surface area (Å²) < 4.78 is 0. The summed E-state index contributed by atoms with van der Waals surface area (Å²) in [5.41, 5.74) is 5.26. The number of rotatable bonds is 5. The second-order valence-corrected chi connectivity index (χ2v) is 7.48. The van der Waals surface area contributed by atoms with E-state index in [1.807, 2.05) is 38.1 Å². The van der Waals surface area contributed by atoms with Crippen molar-refractivity contribution in [1.29, 1.82) is 0 Å². The second kappa shape index (κ2) is 8.07. The van der Waals surface area contributed by atoms with E-state index < -0.39 is 0 Å². The normalized spacial score (nSPS) is 15.6. The molecular weight excluding hydrogens is 348 g/mol. The van der Waals surface area contributed by atoms with Gasteiger partial charge in [0, 0.05) is 12.1 Å². The number of amides is 1. The van der Waals surface area contributed by atoms with Gasteiger partial charge in [0.05, 0.1) is 28.5 Å². The predicted octanol–water partition coefficient (Wildman–Crippen LogP) is 3.81. The van der Waals surface area contributed by atoms with Crippen LogP contribution in [0, 0.1) is 13.8 Å². The molecule has 5 heteroatoms.